The van der Waals surface area contributed by atoms with Gasteiger partial charge in [0.15, 0.2) is 0 Å². The summed E-state index contributed by atoms with van der Waals surface area (Å²) in [6, 6.07) is 19.1. The molecule has 0 saturated carbocycles. The first-order chi connectivity index (χ1) is 11.6. The molecule has 0 atom stereocenters. The van der Waals surface area contributed by atoms with Crippen LogP contribution in [0.15, 0.2) is 72.8 Å². The maximum absolute atomic E-state index is 10.0. The number of hydrogen-bond donors (Lipinski definition) is 0. The van der Waals surface area contributed by atoms with Gasteiger partial charge in [-0.3, -0.25) is 0 Å². The van der Waals surface area contributed by atoms with Crippen LogP contribution >= 0.6 is 0 Å². The fraction of sp³-hybridized carbons (Fsp3) is 0.100. The largest absolute Gasteiger partial charge is 2.00 e. The molecule has 25 heavy (non-hydrogen) atoms. The van der Waals surface area contributed by atoms with Gasteiger partial charge in [0.25, 0.3) is 0 Å². The number of rotatable bonds is 6. The van der Waals surface area contributed by atoms with E-state index in [1.807, 2.05) is 60.7 Å². The Morgan fingerprint density at radius 2 is 1.00 bits per heavy atom. The molecule has 0 N–H and O–H groups in total. The monoisotopic (exact) mass is 386 g/mol. The van der Waals surface area contributed by atoms with Crippen molar-refractivity contribution in [2.45, 2.75) is 12.8 Å². The van der Waals surface area contributed by atoms with Crippen molar-refractivity contribution in [2.75, 3.05) is 0 Å². The Morgan fingerprint density at radius 1 is 0.680 bits per heavy atom. The summed E-state index contributed by atoms with van der Waals surface area (Å²) >= 11 is 0. The molecule has 0 fully saturated rings. The van der Waals surface area contributed by atoms with Gasteiger partial charge in [0.05, 0.1) is 0 Å². The van der Waals surface area contributed by atoms with Crippen LogP contribution in [-0.4, -0.2) is 11.9 Å². The first-order valence-corrected chi connectivity index (χ1v) is 7.41. The van der Waals surface area contributed by atoms with E-state index in [-0.39, 0.29) is 32.3 Å². The summed E-state index contributed by atoms with van der Waals surface area (Å²) < 4.78 is 0. The minimum Gasteiger partial charge on any atom is -0.550 e. The standard InChI is InChI=1S/2C10H10O2.Zn/c2*11-10(12)8-4-7-9-5-2-1-3-6-9;/h2*1-7H,8H2,(H,11,12);/q;;+2/p-2. The van der Waals surface area contributed by atoms with Crippen molar-refractivity contribution < 1.29 is 39.3 Å². The molecule has 4 nitrogen and oxygen atoms in total. The van der Waals surface area contributed by atoms with Crippen LogP contribution in [0.2, 0.25) is 0 Å². The number of aliphatic carboxylic acids is 2. The molecule has 2 aromatic carbocycles. The molecule has 0 aliphatic carbocycles. The predicted molar refractivity (Wildman–Crippen MR) is 90.2 cm³/mol. The summed E-state index contributed by atoms with van der Waals surface area (Å²) in [6.07, 6.45) is 6.60. The first-order valence-electron chi connectivity index (χ1n) is 7.41. The molecular formula is C20H18O4Zn. The Balaban J connectivity index is 0.000000443. The zero-order chi connectivity index (χ0) is 17.6. The molecule has 0 radical (unpaired) electrons. The number of hydrogen-bond acceptors (Lipinski definition) is 4. The van der Waals surface area contributed by atoms with Crippen LogP contribution in [0.25, 0.3) is 12.2 Å². The minimum atomic E-state index is -1.05. The summed E-state index contributed by atoms with van der Waals surface area (Å²) in [4.78, 5) is 20.1. The predicted octanol–water partition coefficient (Wildman–Crippen LogP) is 1.68. The fourth-order valence-corrected chi connectivity index (χ4v) is 1.71. The molecule has 0 spiro atoms. The fourth-order valence-electron chi connectivity index (χ4n) is 1.71. The molecule has 0 unspecified atom stereocenters. The van der Waals surface area contributed by atoms with Crippen LogP contribution in [0.3, 0.4) is 0 Å². The van der Waals surface area contributed by atoms with Crippen molar-refractivity contribution in [3.05, 3.63) is 83.9 Å². The van der Waals surface area contributed by atoms with Crippen LogP contribution in [0.5, 0.6) is 0 Å². The Kier molecular flexibility index (Phi) is 12.5. The molecule has 0 bridgehead atoms. The number of carbonyl (C=O) groups is 2. The molecule has 2 aromatic rings. The number of carboxylic acid groups (broad SMARTS) is 2. The third-order valence-corrected chi connectivity index (χ3v) is 2.79. The second-order valence-corrected chi connectivity index (χ2v) is 4.78. The topological polar surface area (TPSA) is 80.3 Å². The van der Waals surface area contributed by atoms with Gasteiger partial charge in [-0.1, -0.05) is 85.0 Å². The third kappa shape index (κ3) is 12.6. The van der Waals surface area contributed by atoms with Crippen LogP contribution in [0.1, 0.15) is 24.0 Å². The quantitative estimate of drug-likeness (QED) is 0.706. The van der Waals surface area contributed by atoms with Gasteiger partial charge in [-0.15, -0.1) is 0 Å². The summed E-state index contributed by atoms with van der Waals surface area (Å²) in [5, 5.41) is 20.1. The molecule has 0 aromatic heterocycles. The van der Waals surface area contributed by atoms with Crippen molar-refractivity contribution in [1.29, 1.82) is 0 Å². The average molecular weight is 388 g/mol. The Bertz CT molecular complexity index is 618. The van der Waals surface area contributed by atoms with Crippen molar-refractivity contribution in [2.24, 2.45) is 0 Å². The number of carboxylic acids is 2. The van der Waals surface area contributed by atoms with Crippen LogP contribution in [-0.2, 0) is 29.1 Å². The summed E-state index contributed by atoms with van der Waals surface area (Å²) in [5.41, 5.74) is 2.00. The smallest absolute Gasteiger partial charge is 0.550 e. The number of benzene rings is 2. The van der Waals surface area contributed by atoms with Crippen molar-refractivity contribution in [3.8, 4) is 0 Å². The number of carbonyl (C=O) groups excluding carboxylic acids is 2. The molecule has 0 aliphatic heterocycles. The molecule has 124 valence electrons. The molecular weight excluding hydrogens is 370 g/mol. The molecule has 0 aliphatic rings. The van der Waals surface area contributed by atoms with Gasteiger partial charge in [-0.05, 0) is 11.1 Å². The molecule has 2 rings (SSSR count). The van der Waals surface area contributed by atoms with E-state index in [1.54, 1.807) is 24.3 Å². The van der Waals surface area contributed by atoms with E-state index in [9.17, 15) is 19.8 Å². The Morgan fingerprint density at radius 3 is 1.28 bits per heavy atom. The zero-order valence-corrected chi connectivity index (χ0v) is 16.8. The summed E-state index contributed by atoms with van der Waals surface area (Å²) in [7, 11) is 0. The van der Waals surface area contributed by atoms with Crippen molar-refractivity contribution in [1.82, 2.24) is 0 Å². The van der Waals surface area contributed by atoms with Gasteiger partial charge < -0.3 is 19.8 Å². The van der Waals surface area contributed by atoms with E-state index in [2.05, 4.69) is 0 Å². The molecule has 5 heteroatoms. The van der Waals surface area contributed by atoms with Crippen LogP contribution in [0, 0.1) is 0 Å². The van der Waals surface area contributed by atoms with E-state index in [1.165, 1.54) is 0 Å². The van der Waals surface area contributed by atoms with Crippen LogP contribution < -0.4 is 10.2 Å². The molecule has 0 heterocycles. The maximum atomic E-state index is 10.0. The van der Waals surface area contributed by atoms with Gasteiger partial charge in [-0.2, -0.15) is 0 Å². The molecule has 0 amide bonds. The van der Waals surface area contributed by atoms with Gasteiger partial charge >= 0.3 is 19.5 Å². The first kappa shape index (κ1) is 22.5. The minimum absolute atomic E-state index is 0. The summed E-state index contributed by atoms with van der Waals surface area (Å²) in [6.45, 7) is 0. The van der Waals surface area contributed by atoms with E-state index in [4.69, 9.17) is 0 Å². The normalized spacial score (nSPS) is 9.92. The SMILES string of the molecule is O=C([O-])CC=Cc1ccccc1.O=C([O-])CC=Cc1ccccc1.[Zn+2]. The second-order valence-electron chi connectivity index (χ2n) is 4.78. The zero-order valence-electron chi connectivity index (χ0n) is 13.8. The van der Waals surface area contributed by atoms with E-state index in [0.29, 0.717) is 0 Å². The van der Waals surface area contributed by atoms with Crippen molar-refractivity contribution >= 4 is 24.1 Å². The third-order valence-electron chi connectivity index (χ3n) is 2.79. The van der Waals surface area contributed by atoms with Gasteiger partial charge in [0, 0.05) is 24.8 Å². The van der Waals surface area contributed by atoms with Gasteiger partial charge in [0.1, 0.15) is 0 Å². The van der Waals surface area contributed by atoms with Gasteiger partial charge in [-0.25, -0.2) is 0 Å². The average Bonchev–Trinajstić information content (AvgIpc) is 2.57. The molecule has 0 saturated heterocycles. The van der Waals surface area contributed by atoms with Crippen molar-refractivity contribution in [3.63, 3.8) is 0 Å². The van der Waals surface area contributed by atoms with E-state index >= 15 is 0 Å². The Hall–Kier alpha value is -2.52. The summed E-state index contributed by atoms with van der Waals surface area (Å²) in [5.74, 6) is -2.11. The van der Waals surface area contributed by atoms with Gasteiger partial charge in [0.2, 0.25) is 0 Å². The van der Waals surface area contributed by atoms with E-state index < -0.39 is 11.9 Å². The second kappa shape index (κ2) is 13.9. The Labute approximate surface area is 160 Å². The van der Waals surface area contributed by atoms with Crippen LogP contribution in [0.4, 0.5) is 0 Å². The maximum Gasteiger partial charge on any atom is 2.00 e. The van der Waals surface area contributed by atoms with E-state index in [0.717, 1.165) is 11.1 Å².